The summed E-state index contributed by atoms with van der Waals surface area (Å²) in [6.07, 6.45) is -0.223. The Morgan fingerprint density at radius 1 is 1.28 bits per heavy atom. The lowest BCUT2D eigenvalue weighted by Crippen LogP contribution is -2.55. The van der Waals surface area contributed by atoms with Crippen LogP contribution in [0.4, 0.5) is 4.79 Å². The van der Waals surface area contributed by atoms with E-state index in [0.717, 1.165) is 5.56 Å². The molecule has 0 radical (unpaired) electrons. The lowest BCUT2D eigenvalue weighted by Gasteiger charge is -2.35. The highest BCUT2D eigenvalue weighted by molar-refractivity contribution is 5.67. The third-order valence-corrected chi connectivity index (χ3v) is 3.02. The summed E-state index contributed by atoms with van der Waals surface area (Å²) < 4.78 is 5.32. The molecule has 1 fully saturated rings. The van der Waals surface area contributed by atoms with Crippen molar-refractivity contribution in [1.82, 2.24) is 10.2 Å². The Labute approximate surface area is 108 Å². The third-order valence-electron chi connectivity index (χ3n) is 3.02. The predicted octanol–water partition coefficient (Wildman–Crippen LogP) is 2.01. The molecule has 1 heterocycles. The number of amides is 1. The number of hydrogen-bond acceptors (Lipinski definition) is 3. The first-order valence-corrected chi connectivity index (χ1v) is 6.37. The van der Waals surface area contributed by atoms with Gasteiger partial charge in [0, 0.05) is 25.2 Å². The molecule has 2 unspecified atom stereocenters. The second-order valence-corrected chi connectivity index (χ2v) is 4.91. The fourth-order valence-corrected chi connectivity index (χ4v) is 2.29. The maximum absolute atomic E-state index is 11.9. The van der Waals surface area contributed by atoms with Gasteiger partial charge in [-0.3, -0.25) is 0 Å². The van der Waals surface area contributed by atoms with Crippen LogP contribution < -0.4 is 5.32 Å². The van der Waals surface area contributed by atoms with E-state index < -0.39 is 0 Å². The second-order valence-electron chi connectivity index (χ2n) is 4.91. The summed E-state index contributed by atoms with van der Waals surface area (Å²) in [6.45, 7) is 5.91. The zero-order chi connectivity index (χ0) is 13.0. The van der Waals surface area contributed by atoms with Crippen molar-refractivity contribution in [2.75, 3.05) is 13.1 Å². The van der Waals surface area contributed by atoms with Gasteiger partial charge in [-0.2, -0.15) is 0 Å². The third kappa shape index (κ3) is 3.47. The van der Waals surface area contributed by atoms with Crippen LogP contribution in [0.15, 0.2) is 30.3 Å². The zero-order valence-corrected chi connectivity index (χ0v) is 10.9. The minimum absolute atomic E-state index is 0.223. The van der Waals surface area contributed by atoms with E-state index >= 15 is 0 Å². The SMILES string of the molecule is CC1CN(C(=O)OCc2ccccc2)CC(C)N1. The number of piperazine rings is 1. The van der Waals surface area contributed by atoms with Crippen molar-refractivity contribution in [3.8, 4) is 0 Å². The summed E-state index contributed by atoms with van der Waals surface area (Å²) >= 11 is 0. The Hall–Kier alpha value is -1.55. The summed E-state index contributed by atoms with van der Waals surface area (Å²) in [5.74, 6) is 0. The fourth-order valence-electron chi connectivity index (χ4n) is 2.29. The molecule has 18 heavy (non-hydrogen) atoms. The van der Waals surface area contributed by atoms with E-state index in [1.807, 2.05) is 30.3 Å². The van der Waals surface area contributed by atoms with Gasteiger partial charge < -0.3 is 15.0 Å². The first-order valence-electron chi connectivity index (χ1n) is 6.37. The van der Waals surface area contributed by atoms with E-state index in [9.17, 15) is 4.79 Å². The number of carbonyl (C=O) groups excluding carboxylic acids is 1. The monoisotopic (exact) mass is 248 g/mol. The van der Waals surface area contributed by atoms with Crippen LogP contribution in [0.1, 0.15) is 19.4 Å². The number of rotatable bonds is 2. The molecule has 4 heteroatoms. The molecule has 0 saturated carbocycles. The van der Waals surface area contributed by atoms with Crippen LogP contribution in [0.25, 0.3) is 0 Å². The van der Waals surface area contributed by atoms with Crippen LogP contribution in [0.3, 0.4) is 0 Å². The average Bonchev–Trinajstić information content (AvgIpc) is 2.36. The number of ether oxygens (including phenoxy) is 1. The molecule has 1 aromatic carbocycles. The Morgan fingerprint density at radius 2 is 1.89 bits per heavy atom. The number of benzene rings is 1. The van der Waals surface area contributed by atoms with Crippen molar-refractivity contribution in [3.05, 3.63) is 35.9 Å². The van der Waals surface area contributed by atoms with E-state index in [0.29, 0.717) is 31.8 Å². The van der Waals surface area contributed by atoms with Crippen molar-refractivity contribution in [1.29, 1.82) is 0 Å². The van der Waals surface area contributed by atoms with Crippen molar-refractivity contribution < 1.29 is 9.53 Å². The molecule has 2 rings (SSSR count). The number of carbonyl (C=O) groups is 1. The van der Waals surface area contributed by atoms with Crippen LogP contribution >= 0.6 is 0 Å². The van der Waals surface area contributed by atoms with Gasteiger partial charge in [0.1, 0.15) is 6.61 Å². The predicted molar refractivity (Wildman–Crippen MR) is 70.3 cm³/mol. The summed E-state index contributed by atoms with van der Waals surface area (Å²) in [7, 11) is 0. The quantitative estimate of drug-likeness (QED) is 0.870. The van der Waals surface area contributed by atoms with Crippen LogP contribution in [-0.4, -0.2) is 36.2 Å². The highest BCUT2D eigenvalue weighted by Gasteiger charge is 2.25. The Bertz CT molecular complexity index is 384. The van der Waals surface area contributed by atoms with Gasteiger partial charge in [-0.1, -0.05) is 30.3 Å². The Kier molecular flexibility index (Phi) is 4.20. The lowest BCUT2D eigenvalue weighted by atomic mass is 10.2. The average molecular weight is 248 g/mol. The van der Waals surface area contributed by atoms with Gasteiger partial charge >= 0.3 is 6.09 Å². The van der Waals surface area contributed by atoms with E-state index in [1.165, 1.54) is 0 Å². The van der Waals surface area contributed by atoms with Gasteiger partial charge in [0.2, 0.25) is 0 Å². The molecule has 0 aliphatic carbocycles. The van der Waals surface area contributed by atoms with Crippen molar-refractivity contribution in [2.45, 2.75) is 32.5 Å². The molecular formula is C14H20N2O2. The van der Waals surface area contributed by atoms with Crippen LogP contribution in [0.2, 0.25) is 0 Å². The maximum atomic E-state index is 11.9. The molecule has 2 atom stereocenters. The maximum Gasteiger partial charge on any atom is 0.410 e. The second kappa shape index (κ2) is 5.87. The number of nitrogens with one attached hydrogen (secondary N) is 1. The summed E-state index contributed by atoms with van der Waals surface area (Å²) in [6, 6.07) is 10.4. The first kappa shape index (κ1) is 12.9. The minimum atomic E-state index is -0.223. The van der Waals surface area contributed by atoms with E-state index in [1.54, 1.807) is 4.90 Å². The van der Waals surface area contributed by atoms with Crippen LogP contribution in [0.5, 0.6) is 0 Å². The molecule has 1 aliphatic heterocycles. The van der Waals surface area contributed by atoms with Crippen LogP contribution in [-0.2, 0) is 11.3 Å². The molecule has 0 aromatic heterocycles. The Morgan fingerprint density at radius 3 is 2.50 bits per heavy atom. The molecule has 1 amide bonds. The summed E-state index contributed by atoms with van der Waals surface area (Å²) in [5, 5.41) is 3.39. The smallest absolute Gasteiger partial charge is 0.410 e. The van der Waals surface area contributed by atoms with Crippen molar-refractivity contribution in [2.24, 2.45) is 0 Å². The van der Waals surface area contributed by atoms with Gasteiger partial charge in [-0.15, -0.1) is 0 Å². The molecule has 98 valence electrons. The first-order chi connectivity index (χ1) is 8.65. The molecule has 1 saturated heterocycles. The van der Waals surface area contributed by atoms with Gasteiger partial charge in [-0.25, -0.2) is 4.79 Å². The topological polar surface area (TPSA) is 41.6 Å². The highest BCUT2D eigenvalue weighted by atomic mass is 16.6. The summed E-state index contributed by atoms with van der Waals surface area (Å²) in [4.78, 5) is 13.7. The normalized spacial score (nSPS) is 23.8. The van der Waals surface area contributed by atoms with Gasteiger partial charge in [-0.05, 0) is 19.4 Å². The Balaban J connectivity index is 1.84. The van der Waals surface area contributed by atoms with Crippen molar-refractivity contribution in [3.63, 3.8) is 0 Å². The molecule has 0 spiro atoms. The molecule has 4 nitrogen and oxygen atoms in total. The molecule has 1 aromatic rings. The summed E-state index contributed by atoms with van der Waals surface area (Å²) in [5.41, 5.74) is 1.02. The van der Waals surface area contributed by atoms with Crippen LogP contribution in [0, 0.1) is 0 Å². The zero-order valence-electron chi connectivity index (χ0n) is 10.9. The molecular weight excluding hydrogens is 228 g/mol. The lowest BCUT2D eigenvalue weighted by molar-refractivity contribution is 0.0792. The van der Waals surface area contributed by atoms with Gasteiger partial charge in [0.05, 0.1) is 0 Å². The number of nitrogens with zero attached hydrogens (tertiary/aromatic N) is 1. The van der Waals surface area contributed by atoms with E-state index in [4.69, 9.17) is 4.74 Å². The molecule has 1 aliphatic rings. The standard InChI is InChI=1S/C14H20N2O2/c1-11-8-16(9-12(2)15-11)14(17)18-10-13-6-4-3-5-7-13/h3-7,11-12,15H,8-10H2,1-2H3. The van der Waals surface area contributed by atoms with Gasteiger partial charge in [0.15, 0.2) is 0 Å². The van der Waals surface area contributed by atoms with E-state index in [2.05, 4.69) is 19.2 Å². The number of hydrogen-bond donors (Lipinski definition) is 1. The van der Waals surface area contributed by atoms with Gasteiger partial charge in [0.25, 0.3) is 0 Å². The molecule has 0 bridgehead atoms. The fraction of sp³-hybridized carbons (Fsp3) is 0.500. The largest absolute Gasteiger partial charge is 0.445 e. The van der Waals surface area contributed by atoms with Crippen molar-refractivity contribution >= 4 is 6.09 Å². The highest BCUT2D eigenvalue weighted by Crippen LogP contribution is 2.08. The molecule has 1 N–H and O–H groups in total. The van der Waals surface area contributed by atoms with E-state index in [-0.39, 0.29) is 6.09 Å². The minimum Gasteiger partial charge on any atom is -0.445 e.